The average molecular weight is 247 g/mol. The second-order valence-electron chi connectivity index (χ2n) is 4.71. The first-order valence-electron chi connectivity index (χ1n) is 6.02. The van der Waals surface area contributed by atoms with E-state index in [9.17, 15) is 9.59 Å². The van der Waals surface area contributed by atoms with Crippen LogP contribution < -0.4 is 0 Å². The molecule has 18 heavy (non-hydrogen) atoms. The van der Waals surface area contributed by atoms with E-state index in [0.29, 0.717) is 18.7 Å². The number of carbonyl (C=O) groups is 2. The molecule has 0 unspecified atom stereocenters. The van der Waals surface area contributed by atoms with Crippen LogP contribution in [0.5, 0.6) is 0 Å². The monoisotopic (exact) mass is 247 g/mol. The van der Waals surface area contributed by atoms with E-state index in [-0.39, 0.29) is 12.3 Å². The van der Waals surface area contributed by atoms with Gasteiger partial charge in [-0.1, -0.05) is 6.07 Å². The van der Waals surface area contributed by atoms with E-state index < -0.39 is 6.09 Å². The number of nitrogens with zero attached hydrogens (tertiary/aromatic N) is 1. The van der Waals surface area contributed by atoms with Crippen LogP contribution in [0.3, 0.4) is 0 Å². The number of ketones is 1. The number of Topliss-reactive ketones (excluding diaryl/α,β-unsaturated/α-hetero) is 1. The van der Waals surface area contributed by atoms with Crippen molar-refractivity contribution < 1.29 is 14.3 Å². The first-order valence-corrected chi connectivity index (χ1v) is 6.02. The molecule has 1 saturated heterocycles. The lowest BCUT2D eigenvalue weighted by Crippen LogP contribution is -2.30. The maximum atomic E-state index is 12.2. The summed E-state index contributed by atoms with van der Waals surface area (Å²) in [5, 5.41) is 0. The molecule has 1 heterocycles. The number of carbonyl (C=O) groups excluding carboxylic acids is 2. The minimum Gasteiger partial charge on any atom is -0.448 e. The second kappa shape index (κ2) is 4.80. The summed E-state index contributed by atoms with van der Waals surface area (Å²) in [6.07, 6.45) is -0.398. The Kier molecular flexibility index (Phi) is 3.36. The SMILES string of the molecule is Cc1cc(C)c(C(=O)CN2CCOC2=O)cc1C. The number of amides is 1. The Morgan fingerprint density at radius 1 is 1.22 bits per heavy atom. The summed E-state index contributed by atoms with van der Waals surface area (Å²) in [6.45, 7) is 6.89. The van der Waals surface area contributed by atoms with Gasteiger partial charge < -0.3 is 4.74 Å². The van der Waals surface area contributed by atoms with Gasteiger partial charge in [-0.05, 0) is 43.5 Å². The minimum atomic E-state index is -0.398. The van der Waals surface area contributed by atoms with Crippen LogP contribution >= 0.6 is 0 Å². The summed E-state index contributed by atoms with van der Waals surface area (Å²) in [4.78, 5) is 24.9. The van der Waals surface area contributed by atoms with Crippen molar-refractivity contribution in [1.82, 2.24) is 4.90 Å². The molecule has 1 aromatic rings. The highest BCUT2D eigenvalue weighted by molar-refractivity contribution is 6.00. The fourth-order valence-electron chi connectivity index (χ4n) is 2.09. The third kappa shape index (κ3) is 2.37. The number of cyclic esters (lactones) is 1. The predicted molar refractivity (Wildman–Crippen MR) is 67.9 cm³/mol. The first kappa shape index (κ1) is 12.6. The average Bonchev–Trinajstić information content (AvgIpc) is 2.69. The number of benzene rings is 1. The van der Waals surface area contributed by atoms with Crippen molar-refractivity contribution in [3.63, 3.8) is 0 Å². The molecule has 1 fully saturated rings. The molecule has 2 rings (SSSR count). The normalized spacial score (nSPS) is 14.8. The highest BCUT2D eigenvalue weighted by atomic mass is 16.6. The molecule has 0 aliphatic carbocycles. The summed E-state index contributed by atoms with van der Waals surface area (Å²) in [5.74, 6) is -0.0329. The Morgan fingerprint density at radius 2 is 1.89 bits per heavy atom. The first-order chi connectivity index (χ1) is 8.49. The fourth-order valence-corrected chi connectivity index (χ4v) is 2.09. The molecular formula is C14H17NO3. The number of rotatable bonds is 3. The second-order valence-corrected chi connectivity index (χ2v) is 4.71. The van der Waals surface area contributed by atoms with Crippen LogP contribution in [-0.2, 0) is 4.74 Å². The van der Waals surface area contributed by atoms with E-state index in [1.165, 1.54) is 10.5 Å². The summed E-state index contributed by atoms with van der Waals surface area (Å²) in [6, 6.07) is 3.90. The molecule has 1 aromatic carbocycles. The van der Waals surface area contributed by atoms with Crippen LogP contribution in [0.4, 0.5) is 4.79 Å². The van der Waals surface area contributed by atoms with Crippen molar-refractivity contribution in [2.45, 2.75) is 20.8 Å². The summed E-state index contributed by atoms with van der Waals surface area (Å²) >= 11 is 0. The lowest BCUT2D eigenvalue weighted by molar-refractivity contribution is 0.0943. The van der Waals surface area contributed by atoms with Crippen molar-refractivity contribution >= 4 is 11.9 Å². The van der Waals surface area contributed by atoms with Crippen LogP contribution in [0.25, 0.3) is 0 Å². The van der Waals surface area contributed by atoms with Gasteiger partial charge >= 0.3 is 6.09 Å². The van der Waals surface area contributed by atoms with Crippen molar-refractivity contribution in [2.75, 3.05) is 19.7 Å². The number of hydrogen-bond donors (Lipinski definition) is 0. The van der Waals surface area contributed by atoms with Gasteiger partial charge in [-0.25, -0.2) is 4.79 Å². The Labute approximate surface area is 107 Å². The minimum absolute atomic E-state index is 0.0329. The quantitative estimate of drug-likeness (QED) is 0.770. The molecule has 96 valence electrons. The molecule has 0 bridgehead atoms. The molecule has 4 heteroatoms. The molecule has 0 saturated carbocycles. The van der Waals surface area contributed by atoms with E-state index in [1.54, 1.807) is 0 Å². The Morgan fingerprint density at radius 3 is 2.50 bits per heavy atom. The standard InChI is InChI=1S/C14H17NO3/c1-9-6-11(3)12(7-10(9)2)13(16)8-15-4-5-18-14(15)17/h6-7H,4-5,8H2,1-3H3. The fraction of sp³-hybridized carbons (Fsp3) is 0.429. The maximum Gasteiger partial charge on any atom is 0.410 e. The number of ether oxygens (including phenoxy) is 1. The topological polar surface area (TPSA) is 46.6 Å². The van der Waals surface area contributed by atoms with Crippen LogP contribution in [0, 0.1) is 20.8 Å². The number of hydrogen-bond acceptors (Lipinski definition) is 3. The van der Waals surface area contributed by atoms with E-state index in [2.05, 4.69) is 0 Å². The van der Waals surface area contributed by atoms with Gasteiger partial charge in [0.05, 0.1) is 13.1 Å². The van der Waals surface area contributed by atoms with Crippen molar-refractivity contribution in [2.24, 2.45) is 0 Å². The predicted octanol–water partition coefficient (Wildman–Crippen LogP) is 2.25. The smallest absolute Gasteiger partial charge is 0.410 e. The Balaban J connectivity index is 2.18. The third-order valence-electron chi connectivity index (χ3n) is 3.32. The highest BCUT2D eigenvalue weighted by Gasteiger charge is 2.25. The van der Waals surface area contributed by atoms with Gasteiger partial charge in [0.2, 0.25) is 0 Å². The molecule has 4 nitrogen and oxygen atoms in total. The van der Waals surface area contributed by atoms with Crippen LogP contribution in [0.2, 0.25) is 0 Å². The van der Waals surface area contributed by atoms with Crippen LogP contribution in [0.1, 0.15) is 27.0 Å². The van der Waals surface area contributed by atoms with Gasteiger partial charge in [-0.2, -0.15) is 0 Å². The lowest BCUT2D eigenvalue weighted by Gasteiger charge is -2.13. The molecule has 0 atom stereocenters. The van der Waals surface area contributed by atoms with Crippen LogP contribution in [-0.4, -0.2) is 36.5 Å². The molecule has 0 spiro atoms. The maximum absolute atomic E-state index is 12.2. The Bertz CT molecular complexity index is 508. The third-order valence-corrected chi connectivity index (χ3v) is 3.32. The van der Waals surface area contributed by atoms with Gasteiger partial charge in [0.1, 0.15) is 6.61 Å². The van der Waals surface area contributed by atoms with Gasteiger partial charge in [0.25, 0.3) is 0 Å². The van der Waals surface area contributed by atoms with E-state index in [1.807, 2.05) is 32.9 Å². The molecular weight excluding hydrogens is 230 g/mol. The van der Waals surface area contributed by atoms with Crippen molar-refractivity contribution in [3.8, 4) is 0 Å². The van der Waals surface area contributed by atoms with Gasteiger partial charge in [-0.15, -0.1) is 0 Å². The highest BCUT2D eigenvalue weighted by Crippen LogP contribution is 2.17. The zero-order chi connectivity index (χ0) is 13.3. The molecule has 0 aromatic heterocycles. The Hall–Kier alpha value is -1.84. The van der Waals surface area contributed by atoms with Crippen molar-refractivity contribution in [1.29, 1.82) is 0 Å². The summed E-state index contributed by atoms with van der Waals surface area (Å²) < 4.78 is 4.81. The lowest BCUT2D eigenvalue weighted by atomic mass is 9.98. The van der Waals surface area contributed by atoms with Crippen molar-refractivity contribution in [3.05, 3.63) is 34.4 Å². The summed E-state index contributed by atoms with van der Waals surface area (Å²) in [7, 11) is 0. The van der Waals surface area contributed by atoms with E-state index >= 15 is 0 Å². The molecule has 1 aliphatic heterocycles. The molecule has 1 amide bonds. The zero-order valence-corrected chi connectivity index (χ0v) is 10.9. The van der Waals surface area contributed by atoms with Gasteiger partial charge in [-0.3, -0.25) is 9.69 Å². The number of aryl methyl sites for hydroxylation is 3. The summed E-state index contributed by atoms with van der Waals surface area (Å²) in [5.41, 5.74) is 3.91. The molecule has 0 radical (unpaired) electrons. The van der Waals surface area contributed by atoms with Gasteiger partial charge in [0, 0.05) is 5.56 Å². The van der Waals surface area contributed by atoms with Gasteiger partial charge in [0.15, 0.2) is 5.78 Å². The van der Waals surface area contributed by atoms with Crippen LogP contribution in [0.15, 0.2) is 12.1 Å². The van der Waals surface area contributed by atoms with E-state index in [0.717, 1.165) is 11.1 Å². The molecule has 1 aliphatic rings. The molecule has 0 N–H and O–H groups in total. The zero-order valence-electron chi connectivity index (χ0n) is 10.9. The van der Waals surface area contributed by atoms with E-state index in [4.69, 9.17) is 4.74 Å². The largest absolute Gasteiger partial charge is 0.448 e.